The number of methoxy groups -OCH3 is 2. The second-order valence-corrected chi connectivity index (χ2v) is 6.60. The zero-order valence-electron chi connectivity index (χ0n) is 17.6. The van der Waals surface area contributed by atoms with E-state index < -0.39 is 11.9 Å². The number of aromatic carboxylic acids is 1. The molecule has 2 N–H and O–H groups in total. The molecule has 0 saturated carbocycles. The first-order chi connectivity index (χ1) is 15.5. The lowest BCUT2D eigenvalue weighted by Gasteiger charge is -2.11. The number of amides is 1. The average Bonchev–Trinajstić information content (AvgIpc) is 2.83. The van der Waals surface area contributed by atoms with Crippen molar-refractivity contribution in [2.45, 2.75) is 6.61 Å². The molecule has 32 heavy (non-hydrogen) atoms. The van der Waals surface area contributed by atoms with Crippen molar-refractivity contribution in [2.24, 2.45) is 5.10 Å². The van der Waals surface area contributed by atoms with Gasteiger partial charge in [-0.1, -0.05) is 24.3 Å². The summed E-state index contributed by atoms with van der Waals surface area (Å²) >= 11 is 0. The van der Waals surface area contributed by atoms with Crippen LogP contribution in [0, 0.1) is 0 Å². The second-order valence-electron chi connectivity index (χ2n) is 6.60. The van der Waals surface area contributed by atoms with Crippen molar-refractivity contribution >= 4 is 18.1 Å². The van der Waals surface area contributed by atoms with Crippen molar-refractivity contribution in [1.82, 2.24) is 5.43 Å². The van der Waals surface area contributed by atoms with Gasteiger partial charge < -0.3 is 19.3 Å². The Labute approximate surface area is 185 Å². The van der Waals surface area contributed by atoms with Crippen molar-refractivity contribution in [3.05, 3.63) is 89.0 Å². The van der Waals surface area contributed by atoms with Gasteiger partial charge in [0.1, 0.15) is 12.4 Å². The molecule has 8 heteroatoms. The standard InChI is InChI=1S/C24H22N2O6/c1-30-20-9-4-3-8-19(20)23(27)26-25-14-16-10-11-21(22(13-16)31-2)32-15-17-6-5-7-18(12-17)24(28)29/h3-14H,15H2,1-2H3,(H,26,27)(H,28,29)/b25-14-. The smallest absolute Gasteiger partial charge is 0.335 e. The molecule has 0 atom stereocenters. The molecule has 0 aromatic heterocycles. The summed E-state index contributed by atoms with van der Waals surface area (Å²) in [4.78, 5) is 23.4. The SMILES string of the molecule is COc1cc(/C=N\NC(=O)c2ccccc2OC)ccc1OCc1cccc(C(=O)O)c1. The molecule has 0 radical (unpaired) electrons. The Kier molecular flexibility index (Phi) is 7.42. The maximum Gasteiger partial charge on any atom is 0.335 e. The molecule has 164 valence electrons. The van der Waals surface area contributed by atoms with Crippen LogP contribution in [0.3, 0.4) is 0 Å². The van der Waals surface area contributed by atoms with E-state index >= 15 is 0 Å². The lowest BCUT2D eigenvalue weighted by atomic mass is 10.1. The third-order valence-electron chi connectivity index (χ3n) is 4.49. The van der Waals surface area contributed by atoms with E-state index in [1.54, 1.807) is 60.7 Å². The van der Waals surface area contributed by atoms with Gasteiger partial charge in [-0.25, -0.2) is 10.2 Å². The molecule has 0 fully saturated rings. The van der Waals surface area contributed by atoms with Gasteiger partial charge in [0.05, 0.1) is 31.6 Å². The number of nitrogens with one attached hydrogen (secondary N) is 1. The molecule has 3 aromatic carbocycles. The maximum absolute atomic E-state index is 12.3. The first-order valence-electron chi connectivity index (χ1n) is 9.61. The third-order valence-corrected chi connectivity index (χ3v) is 4.49. The Balaban J connectivity index is 1.65. The minimum atomic E-state index is -0.995. The molecule has 1 amide bonds. The number of hydrazone groups is 1. The van der Waals surface area contributed by atoms with Crippen molar-refractivity contribution < 1.29 is 28.9 Å². The van der Waals surface area contributed by atoms with Gasteiger partial charge in [0.15, 0.2) is 11.5 Å². The molecule has 0 saturated heterocycles. The molecule has 8 nitrogen and oxygen atoms in total. The fourth-order valence-corrected chi connectivity index (χ4v) is 2.90. The van der Waals surface area contributed by atoms with Crippen LogP contribution in [0.1, 0.15) is 31.8 Å². The number of carboxylic acid groups (broad SMARTS) is 1. The molecule has 0 aliphatic heterocycles. The van der Waals surface area contributed by atoms with Gasteiger partial charge in [0, 0.05) is 0 Å². The van der Waals surface area contributed by atoms with Gasteiger partial charge in [0.25, 0.3) is 5.91 Å². The van der Waals surface area contributed by atoms with Crippen LogP contribution in [-0.2, 0) is 6.61 Å². The predicted molar refractivity (Wildman–Crippen MR) is 119 cm³/mol. The summed E-state index contributed by atoms with van der Waals surface area (Å²) in [5.41, 5.74) is 4.44. The highest BCUT2D eigenvalue weighted by Crippen LogP contribution is 2.28. The summed E-state index contributed by atoms with van der Waals surface area (Å²) in [5, 5.41) is 13.1. The number of hydrogen-bond donors (Lipinski definition) is 2. The second kappa shape index (κ2) is 10.6. The normalized spacial score (nSPS) is 10.6. The van der Waals surface area contributed by atoms with Gasteiger partial charge in [-0.15, -0.1) is 0 Å². The number of carboxylic acids is 1. The minimum Gasteiger partial charge on any atom is -0.496 e. The summed E-state index contributed by atoms with van der Waals surface area (Å²) in [6, 6.07) is 18.6. The summed E-state index contributed by atoms with van der Waals surface area (Å²) in [7, 11) is 3.01. The highest BCUT2D eigenvalue weighted by atomic mass is 16.5. The molecule has 0 aliphatic carbocycles. The number of ether oxygens (including phenoxy) is 3. The van der Waals surface area contributed by atoms with E-state index in [9.17, 15) is 9.59 Å². The summed E-state index contributed by atoms with van der Waals surface area (Å²) in [5.74, 6) is 0.0279. The van der Waals surface area contributed by atoms with Crippen LogP contribution >= 0.6 is 0 Å². The molecule has 0 unspecified atom stereocenters. The van der Waals surface area contributed by atoms with E-state index in [1.165, 1.54) is 26.5 Å². The molecule has 0 bridgehead atoms. The van der Waals surface area contributed by atoms with Gasteiger partial charge in [0.2, 0.25) is 0 Å². The van der Waals surface area contributed by atoms with E-state index in [2.05, 4.69) is 10.5 Å². The largest absolute Gasteiger partial charge is 0.496 e. The van der Waals surface area contributed by atoms with E-state index in [4.69, 9.17) is 19.3 Å². The molecule has 3 aromatic rings. The molecular formula is C24H22N2O6. The number of carbonyl (C=O) groups is 2. The van der Waals surface area contributed by atoms with Crippen LogP contribution in [0.15, 0.2) is 71.8 Å². The number of hydrogen-bond acceptors (Lipinski definition) is 6. The third kappa shape index (κ3) is 5.63. The average molecular weight is 434 g/mol. The highest BCUT2D eigenvalue weighted by Gasteiger charge is 2.11. The van der Waals surface area contributed by atoms with E-state index in [0.29, 0.717) is 28.4 Å². The Hall–Kier alpha value is -4.33. The lowest BCUT2D eigenvalue weighted by Crippen LogP contribution is -2.18. The fraction of sp³-hybridized carbons (Fsp3) is 0.125. The van der Waals surface area contributed by atoms with Crippen molar-refractivity contribution in [1.29, 1.82) is 0 Å². The van der Waals surface area contributed by atoms with Gasteiger partial charge in [-0.3, -0.25) is 4.79 Å². The summed E-state index contributed by atoms with van der Waals surface area (Å²) in [6.07, 6.45) is 1.48. The fourth-order valence-electron chi connectivity index (χ4n) is 2.90. The van der Waals surface area contributed by atoms with Crippen molar-refractivity contribution in [3.8, 4) is 17.2 Å². The van der Waals surface area contributed by atoms with Crippen molar-refractivity contribution in [3.63, 3.8) is 0 Å². The predicted octanol–water partition coefficient (Wildman–Crippen LogP) is 3.74. The molecular weight excluding hydrogens is 412 g/mol. The van der Waals surface area contributed by atoms with Crippen LogP contribution < -0.4 is 19.6 Å². The maximum atomic E-state index is 12.3. The monoisotopic (exact) mass is 434 g/mol. The van der Waals surface area contributed by atoms with Crippen molar-refractivity contribution in [2.75, 3.05) is 14.2 Å². The lowest BCUT2D eigenvalue weighted by molar-refractivity contribution is 0.0696. The molecule has 0 heterocycles. The number of rotatable bonds is 9. The van der Waals surface area contributed by atoms with Crippen LogP contribution in [0.2, 0.25) is 0 Å². The topological polar surface area (TPSA) is 106 Å². The summed E-state index contributed by atoms with van der Waals surface area (Å²) < 4.78 is 16.3. The molecule has 3 rings (SSSR count). The number of nitrogens with zero attached hydrogens (tertiary/aromatic N) is 1. The first kappa shape index (κ1) is 22.4. The summed E-state index contributed by atoms with van der Waals surface area (Å²) in [6.45, 7) is 0.180. The Morgan fingerprint density at radius 2 is 1.72 bits per heavy atom. The number of carbonyl (C=O) groups excluding carboxylic acids is 1. The van der Waals surface area contributed by atoms with Crippen LogP contribution in [0.5, 0.6) is 17.2 Å². The first-order valence-corrected chi connectivity index (χ1v) is 9.61. The van der Waals surface area contributed by atoms with Crippen LogP contribution in [0.25, 0.3) is 0 Å². The zero-order valence-corrected chi connectivity index (χ0v) is 17.6. The van der Waals surface area contributed by atoms with E-state index in [0.717, 1.165) is 5.56 Å². The van der Waals surface area contributed by atoms with E-state index in [-0.39, 0.29) is 12.2 Å². The Bertz CT molecular complexity index is 1140. The molecule has 0 spiro atoms. The van der Waals surface area contributed by atoms with Gasteiger partial charge in [-0.2, -0.15) is 5.10 Å². The van der Waals surface area contributed by atoms with Gasteiger partial charge in [-0.05, 0) is 53.6 Å². The minimum absolute atomic E-state index is 0.180. The highest BCUT2D eigenvalue weighted by molar-refractivity contribution is 5.97. The number of benzene rings is 3. The van der Waals surface area contributed by atoms with Crippen LogP contribution in [-0.4, -0.2) is 37.4 Å². The zero-order chi connectivity index (χ0) is 22.9. The van der Waals surface area contributed by atoms with E-state index in [1.807, 2.05) is 0 Å². The quantitative estimate of drug-likeness (QED) is 0.393. The Morgan fingerprint density at radius 3 is 2.47 bits per heavy atom. The molecule has 0 aliphatic rings. The van der Waals surface area contributed by atoms with Gasteiger partial charge >= 0.3 is 5.97 Å². The van der Waals surface area contributed by atoms with Crippen LogP contribution in [0.4, 0.5) is 0 Å². The Morgan fingerprint density at radius 1 is 0.938 bits per heavy atom. The number of para-hydroxylation sites is 1.